The van der Waals surface area contributed by atoms with Gasteiger partial charge in [0.05, 0.1) is 25.4 Å². The van der Waals surface area contributed by atoms with E-state index >= 15 is 0 Å². The Kier molecular flexibility index (Phi) is 47.1. The number of hydrogen-bond acceptors (Lipinski definition) is 5. The highest BCUT2D eigenvalue weighted by Crippen LogP contribution is 2.17. The van der Waals surface area contributed by atoms with E-state index in [1.54, 1.807) is 0 Å². The van der Waals surface area contributed by atoms with Crippen molar-refractivity contribution in [2.75, 3.05) is 13.2 Å². The summed E-state index contributed by atoms with van der Waals surface area (Å²) in [6.07, 6.45) is 54.8. The minimum atomic E-state index is -0.661. The molecule has 0 aromatic rings. The molecule has 1 amide bonds. The zero-order chi connectivity index (χ0) is 42.3. The van der Waals surface area contributed by atoms with Crippen LogP contribution in [0, 0.1) is 0 Å². The number of carbonyl (C=O) groups excluding carboxylic acids is 2. The van der Waals surface area contributed by atoms with Crippen LogP contribution in [0.5, 0.6) is 0 Å². The van der Waals surface area contributed by atoms with Crippen molar-refractivity contribution in [2.24, 2.45) is 0 Å². The zero-order valence-corrected chi connectivity index (χ0v) is 39.0. The topological polar surface area (TPSA) is 95.9 Å². The second-order valence-corrected chi connectivity index (χ2v) is 17.9. The lowest BCUT2D eigenvalue weighted by Crippen LogP contribution is -2.45. The Bertz CT molecular complexity index is 863. The second-order valence-electron chi connectivity index (χ2n) is 17.9. The van der Waals surface area contributed by atoms with Crippen LogP contribution < -0.4 is 5.32 Å². The number of hydrogen-bond donors (Lipinski definition) is 3. The number of carbonyl (C=O) groups is 2. The van der Waals surface area contributed by atoms with E-state index in [1.165, 1.54) is 205 Å². The average molecular weight is 820 g/mol. The molecule has 344 valence electrons. The Hall–Kier alpha value is -1.40. The van der Waals surface area contributed by atoms with Crippen molar-refractivity contribution in [1.29, 1.82) is 0 Å². The molecule has 3 N–H and O–H groups in total. The normalized spacial score (nSPS) is 12.7. The lowest BCUT2D eigenvalue weighted by atomic mass is 10.0. The molecular formula is C52H101NO5. The number of ether oxygens (including phenoxy) is 1. The fraction of sp³-hybridized carbons (Fsp3) is 0.923. The molecule has 0 radical (unpaired) electrons. The Morgan fingerprint density at radius 3 is 1.28 bits per heavy atom. The van der Waals surface area contributed by atoms with Gasteiger partial charge >= 0.3 is 5.97 Å². The summed E-state index contributed by atoms with van der Waals surface area (Å²) in [4.78, 5) is 24.3. The maximum absolute atomic E-state index is 12.4. The smallest absolute Gasteiger partial charge is 0.305 e. The zero-order valence-electron chi connectivity index (χ0n) is 39.0. The van der Waals surface area contributed by atoms with Gasteiger partial charge in [-0.05, 0) is 44.9 Å². The first-order chi connectivity index (χ1) is 28.5. The van der Waals surface area contributed by atoms with Gasteiger partial charge in [-0.15, -0.1) is 0 Å². The number of aliphatic hydroxyl groups is 2. The number of esters is 1. The number of rotatable bonds is 48. The molecular weight excluding hydrogens is 719 g/mol. The molecule has 6 heteroatoms. The van der Waals surface area contributed by atoms with Crippen molar-refractivity contribution in [2.45, 2.75) is 296 Å². The minimum Gasteiger partial charge on any atom is -0.466 e. The van der Waals surface area contributed by atoms with Gasteiger partial charge in [-0.3, -0.25) is 9.59 Å². The highest BCUT2D eigenvalue weighted by atomic mass is 16.5. The van der Waals surface area contributed by atoms with Crippen LogP contribution in [-0.4, -0.2) is 47.4 Å². The fourth-order valence-corrected chi connectivity index (χ4v) is 8.03. The minimum absolute atomic E-state index is 0.000715. The Balaban J connectivity index is 3.36. The van der Waals surface area contributed by atoms with E-state index in [-0.39, 0.29) is 18.5 Å². The fourth-order valence-electron chi connectivity index (χ4n) is 8.03. The molecule has 0 aromatic carbocycles. The Labute approximate surface area is 361 Å². The molecule has 0 aliphatic carbocycles. The third kappa shape index (κ3) is 44.2. The van der Waals surface area contributed by atoms with Gasteiger partial charge in [-0.25, -0.2) is 0 Å². The van der Waals surface area contributed by atoms with Gasteiger partial charge in [0.1, 0.15) is 0 Å². The molecule has 2 unspecified atom stereocenters. The van der Waals surface area contributed by atoms with Crippen molar-refractivity contribution >= 4 is 11.9 Å². The number of nitrogens with one attached hydrogen (secondary N) is 1. The molecule has 0 saturated heterocycles. The van der Waals surface area contributed by atoms with E-state index in [4.69, 9.17) is 4.74 Å². The monoisotopic (exact) mass is 820 g/mol. The standard InChI is InChI=1S/C52H101NO5/c1-3-5-7-9-11-13-25-30-34-38-42-46-52(57)58-47-43-39-35-31-27-24-22-20-18-16-14-15-17-19-21-23-26-29-33-37-41-45-51(56)53-49(48-54)50(55)44-40-36-32-28-12-10-8-6-4-2/h9,11,49-50,54-55H,3-8,10,12-48H2,1-2H3,(H,53,56)/b11-9-. The lowest BCUT2D eigenvalue weighted by molar-refractivity contribution is -0.143. The first-order valence-corrected chi connectivity index (χ1v) is 25.9. The van der Waals surface area contributed by atoms with Crippen LogP contribution in [0.1, 0.15) is 284 Å². The van der Waals surface area contributed by atoms with Crippen LogP contribution in [0.15, 0.2) is 12.2 Å². The molecule has 0 fully saturated rings. The third-order valence-electron chi connectivity index (χ3n) is 12.1. The molecule has 0 aromatic heterocycles. The van der Waals surface area contributed by atoms with Crippen LogP contribution in [0.25, 0.3) is 0 Å². The van der Waals surface area contributed by atoms with E-state index in [0.29, 0.717) is 25.9 Å². The van der Waals surface area contributed by atoms with Crippen molar-refractivity contribution in [3.8, 4) is 0 Å². The molecule has 0 aliphatic heterocycles. The van der Waals surface area contributed by atoms with Crippen LogP contribution in [-0.2, 0) is 14.3 Å². The summed E-state index contributed by atoms with van der Waals surface area (Å²) >= 11 is 0. The Morgan fingerprint density at radius 2 is 0.828 bits per heavy atom. The third-order valence-corrected chi connectivity index (χ3v) is 12.1. The van der Waals surface area contributed by atoms with Crippen molar-refractivity contribution in [3.05, 3.63) is 12.2 Å². The van der Waals surface area contributed by atoms with Gasteiger partial charge in [-0.2, -0.15) is 0 Å². The number of allylic oxidation sites excluding steroid dienone is 2. The van der Waals surface area contributed by atoms with Gasteiger partial charge in [-0.1, -0.05) is 238 Å². The summed E-state index contributed by atoms with van der Waals surface area (Å²) in [5, 5.41) is 23.1. The lowest BCUT2D eigenvalue weighted by Gasteiger charge is -2.22. The quantitative estimate of drug-likeness (QED) is 0.0323. The summed E-state index contributed by atoms with van der Waals surface area (Å²) in [6, 6.07) is -0.539. The SMILES string of the molecule is CCCC/C=C\CCCCCCCC(=O)OCCCCCCCCCCCCCCCCCCCCCCCC(=O)NC(CO)C(O)CCCCCCCCCCC. The summed E-state index contributed by atoms with van der Waals surface area (Å²) < 4.78 is 5.45. The number of amides is 1. The molecule has 0 aliphatic rings. The maximum Gasteiger partial charge on any atom is 0.305 e. The summed E-state index contributed by atoms with van der Waals surface area (Å²) in [5.74, 6) is -0.0374. The first kappa shape index (κ1) is 56.6. The van der Waals surface area contributed by atoms with Gasteiger partial charge in [0, 0.05) is 12.8 Å². The van der Waals surface area contributed by atoms with E-state index in [0.717, 1.165) is 44.9 Å². The van der Waals surface area contributed by atoms with Gasteiger partial charge in [0.25, 0.3) is 0 Å². The number of aliphatic hydroxyl groups excluding tert-OH is 2. The summed E-state index contributed by atoms with van der Waals surface area (Å²) in [5.41, 5.74) is 0. The molecule has 58 heavy (non-hydrogen) atoms. The predicted octanol–water partition coefficient (Wildman–Crippen LogP) is 15.3. The van der Waals surface area contributed by atoms with E-state index in [2.05, 4.69) is 31.3 Å². The largest absolute Gasteiger partial charge is 0.466 e. The maximum atomic E-state index is 12.4. The van der Waals surface area contributed by atoms with Crippen molar-refractivity contribution in [1.82, 2.24) is 5.32 Å². The first-order valence-electron chi connectivity index (χ1n) is 25.9. The predicted molar refractivity (Wildman–Crippen MR) is 250 cm³/mol. The molecule has 0 spiro atoms. The molecule has 0 saturated carbocycles. The van der Waals surface area contributed by atoms with E-state index < -0.39 is 12.1 Å². The second kappa shape index (κ2) is 48.3. The molecule has 2 atom stereocenters. The van der Waals surface area contributed by atoms with Gasteiger partial charge in [0.15, 0.2) is 0 Å². The Morgan fingerprint density at radius 1 is 0.466 bits per heavy atom. The average Bonchev–Trinajstić information content (AvgIpc) is 3.22. The van der Waals surface area contributed by atoms with Crippen LogP contribution in [0.3, 0.4) is 0 Å². The molecule has 0 rings (SSSR count). The highest BCUT2D eigenvalue weighted by Gasteiger charge is 2.20. The van der Waals surface area contributed by atoms with Gasteiger partial charge in [0.2, 0.25) is 5.91 Å². The van der Waals surface area contributed by atoms with Crippen molar-refractivity contribution in [3.63, 3.8) is 0 Å². The molecule has 0 bridgehead atoms. The van der Waals surface area contributed by atoms with Gasteiger partial charge < -0.3 is 20.3 Å². The van der Waals surface area contributed by atoms with Crippen LogP contribution >= 0.6 is 0 Å². The number of unbranched alkanes of at least 4 members (excludes halogenated alkanes) is 35. The van der Waals surface area contributed by atoms with Crippen molar-refractivity contribution < 1.29 is 24.5 Å². The molecule has 6 nitrogen and oxygen atoms in total. The van der Waals surface area contributed by atoms with E-state index in [9.17, 15) is 19.8 Å². The molecule has 0 heterocycles. The van der Waals surface area contributed by atoms with Crippen LogP contribution in [0.4, 0.5) is 0 Å². The summed E-state index contributed by atoms with van der Waals surface area (Å²) in [6.45, 7) is 4.89. The highest BCUT2D eigenvalue weighted by molar-refractivity contribution is 5.76. The van der Waals surface area contributed by atoms with E-state index in [1.807, 2.05) is 0 Å². The van der Waals surface area contributed by atoms with Crippen LogP contribution in [0.2, 0.25) is 0 Å². The summed E-state index contributed by atoms with van der Waals surface area (Å²) in [7, 11) is 0.